The third-order valence-electron chi connectivity index (χ3n) is 1.35. The summed E-state index contributed by atoms with van der Waals surface area (Å²) >= 11 is 0. The van der Waals surface area contributed by atoms with E-state index in [-0.39, 0.29) is 0 Å². The molecule has 0 bridgehead atoms. The Morgan fingerprint density at radius 1 is 1.33 bits per heavy atom. The van der Waals surface area contributed by atoms with Crippen LogP contribution in [-0.2, 0) is 0 Å². The topological polar surface area (TPSA) is 38.4 Å². The molecular formula is C10H16N2. The summed E-state index contributed by atoms with van der Waals surface area (Å²) in [6.07, 6.45) is 0. The number of anilines is 1. The lowest BCUT2D eigenvalue weighted by Crippen LogP contribution is -1.85. The van der Waals surface area contributed by atoms with Crippen LogP contribution in [0.2, 0.25) is 0 Å². The van der Waals surface area contributed by atoms with Gasteiger partial charge in [0, 0.05) is 0 Å². The Morgan fingerprint density at radius 3 is 2.33 bits per heavy atom. The van der Waals surface area contributed by atoms with Gasteiger partial charge in [0.25, 0.3) is 0 Å². The van der Waals surface area contributed by atoms with Crippen molar-refractivity contribution in [1.82, 2.24) is 0 Å². The zero-order chi connectivity index (χ0) is 9.56. The highest BCUT2D eigenvalue weighted by atomic mass is 14.7. The SMILES string of the molecule is C=Nc1ccc(C)cc1N.CC. The minimum absolute atomic E-state index is 0.690. The molecule has 1 aromatic rings. The molecule has 0 saturated heterocycles. The number of nitrogens with two attached hydrogens (primary N) is 1. The van der Waals surface area contributed by atoms with E-state index >= 15 is 0 Å². The predicted molar refractivity (Wildman–Crippen MR) is 56.1 cm³/mol. The third-order valence-corrected chi connectivity index (χ3v) is 1.35. The Balaban J connectivity index is 0.000000561. The Hall–Kier alpha value is -1.31. The summed E-state index contributed by atoms with van der Waals surface area (Å²) in [5, 5.41) is 0. The molecule has 66 valence electrons. The van der Waals surface area contributed by atoms with Crippen molar-refractivity contribution >= 4 is 18.1 Å². The molecule has 0 amide bonds. The van der Waals surface area contributed by atoms with Crippen molar-refractivity contribution in [3.8, 4) is 0 Å². The van der Waals surface area contributed by atoms with E-state index < -0.39 is 0 Å². The van der Waals surface area contributed by atoms with Crippen LogP contribution in [0.4, 0.5) is 11.4 Å². The van der Waals surface area contributed by atoms with Gasteiger partial charge in [-0.15, -0.1) is 0 Å². The predicted octanol–water partition coefficient (Wildman–Crippen LogP) is 2.94. The molecule has 2 heteroatoms. The molecule has 0 aliphatic heterocycles. The van der Waals surface area contributed by atoms with Crippen molar-refractivity contribution in [2.24, 2.45) is 4.99 Å². The Kier molecular flexibility index (Phi) is 4.77. The van der Waals surface area contributed by atoms with Crippen molar-refractivity contribution in [3.63, 3.8) is 0 Å². The number of aliphatic imine (C=N–C) groups is 1. The van der Waals surface area contributed by atoms with E-state index in [1.54, 1.807) is 0 Å². The molecule has 0 atom stereocenters. The molecule has 2 N–H and O–H groups in total. The van der Waals surface area contributed by atoms with E-state index in [1.807, 2.05) is 39.0 Å². The first-order valence-corrected chi connectivity index (χ1v) is 4.07. The fourth-order valence-electron chi connectivity index (χ4n) is 0.818. The van der Waals surface area contributed by atoms with Crippen LogP contribution in [0.1, 0.15) is 19.4 Å². The quantitative estimate of drug-likeness (QED) is 0.503. The molecule has 0 radical (unpaired) electrons. The normalized spacial score (nSPS) is 8.25. The van der Waals surface area contributed by atoms with Gasteiger partial charge in [0.05, 0.1) is 11.4 Å². The van der Waals surface area contributed by atoms with Gasteiger partial charge >= 0.3 is 0 Å². The molecule has 0 aliphatic carbocycles. The Labute approximate surface area is 74.1 Å². The average molecular weight is 164 g/mol. The van der Waals surface area contributed by atoms with Gasteiger partial charge < -0.3 is 5.73 Å². The van der Waals surface area contributed by atoms with Gasteiger partial charge in [0.2, 0.25) is 0 Å². The van der Waals surface area contributed by atoms with E-state index in [9.17, 15) is 0 Å². The number of hydrogen-bond donors (Lipinski definition) is 1. The van der Waals surface area contributed by atoms with Crippen molar-refractivity contribution in [2.75, 3.05) is 5.73 Å². The Morgan fingerprint density at radius 2 is 1.92 bits per heavy atom. The van der Waals surface area contributed by atoms with Crippen LogP contribution < -0.4 is 5.73 Å². The monoisotopic (exact) mass is 164 g/mol. The van der Waals surface area contributed by atoms with Gasteiger partial charge in [0.1, 0.15) is 0 Å². The first-order chi connectivity index (χ1) is 5.74. The van der Waals surface area contributed by atoms with Gasteiger partial charge in [-0.3, -0.25) is 4.99 Å². The summed E-state index contributed by atoms with van der Waals surface area (Å²) in [6, 6.07) is 5.70. The summed E-state index contributed by atoms with van der Waals surface area (Å²) in [4.78, 5) is 3.74. The van der Waals surface area contributed by atoms with Gasteiger partial charge in [-0.25, -0.2) is 0 Å². The molecule has 2 nitrogen and oxygen atoms in total. The standard InChI is InChI=1S/C8H10N2.C2H6/c1-6-3-4-8(10-2)7(9)5-6;1-2/h3-5H,2,9H2,1H3;1-2H3. The number of rotatable bonds is 1. The molecule has 0 spiro atoms. The van der Waals surface area contributed by atoms with Crippen molar-refractivity contribution in [2.45, 2.75) is 20.8 Å². The van der Waals surface area contributed by atoms with E-state index in [4.69, 9.17) is 5.73 Å². The maximum atomic E-state index is 5.60. The molecule has 1 aromatic carbocycles. The van der Waals surface area contributed by atoms with E-state index in [0.717, 1.165) is 11.3 Å². The molecular weight excluding hydrogens is 148 g/mol. The fraction of sp³-hybridized carbons (Fsp3) is 0.300. The molecule has 0 heterocycles. The number of benzene rings is 1. The summed E-state index contributed by atoms with van der Waals surface area (Å²) in [5.74, 6) is 0. The highest BCUT2D eigenvalue weighted by Crippen LogP contribution is 2.21. The largest absolute Gasteiger partial charge is 0.397 e. The molecule has 0 saturated carbocycles. The van der Waals surface area contributed by atoms with Crippen LogP contribution in [0.15, 0.2) is 23.2 Å². The molecule has 0 unspecified atom stereocenters. The third kappa shape index (κ3) is 2.74. The summed E-state index contributed by atoms with van der Waals surface area (Å²) in [6.45, 7) is 9.38. The van der Waals surface area contributed by atoms with Gasteiger partial charge in [-0.2, -0.15) is 0 Å². The minimum atomic E-state index is 0.690. The maximum absolute atomic E-state index is 5.60. The van der Waals surface area contributed by atoms with Crippen LogP contribution in [0.3, 0.4) is 0 Å². The Bertz CT molecular complexity index is 254. The highest BCUT2D eigenvalue weighted by molar-refractivity contribution is 5.65. The first-order valence-electron chi connectivity index (χ1n) is 4.07. The zero-order valence-corrected chi connectivity index (χ0v) is 7.96. The van der Waals surface area contributed by atoms with Crippen LogP contribution in [0.5, 0.6) is 0 Å². The summed E-state index contributed by atoms with van der Waals surface area (Å²) < 4.78 is 0. The van der Waals surface area contributed by atoms with Crippen LogP contribution in [-0.4, -0.2) is 6.72 Å². The van der Waals surface area contributed by atoms with Gasteiger partial charge in [0.15, 0.2) is 0 Å². The number of nitrogen functional groups attached to an aromatic ring is 1. The van der Waals surface area contributed by atoms with Gasteiger partial charge in [-0.05, 0) is 31.3 Å². The lowest BCUT2D eigenvalue weighted by molar-refractivity contribution is 1.44. The highest BCUT2D eigenvalue weighted by Gasteiger charge is 1.93. The molecule has 12 heavy (non-hydrogen) atoms. The maximum Gasteiger partial charge on any atom is 0.0851 e. The summed E-state index contributed by atoms with van der Waals surface area (Å²) in [7, 11) is 0. The molecule has 0 aliphatic rings. The van der Waals surface area contributed by atoms with Crippen LogP contribution >= 0.6 is 0 Å². The molecule has 0 aromatic heterocycles. The number of aryl methyl sites for hydroxylation is 1. The number of nitrogens with zero attached hydrogens (tertiary/aromatic N) is 1. The summed E-state index contributed by atoms with van der Waals surface area (Å²) in [5.41, 5.74) is 8.19. The smallest absolute Gasteiger partial charge is 0.0851 e. The van der Waals surface area contributed by atoms with E-state index in [0.29, 0.717) is 5.69 Å². The van der Waals surface area contributed by atoms with Gasteiger partial charge in [-0.1, -0.05) is 19.9 Å². The fourth-order valence-corrected chi connectivity index (χ4v) is 0.818. The second-order valence-electron chi connectivity index (χ2n) is 2.22. The molecule has 1 rings (SSSR count). The van der Waals surface area contributed by atoms with E-state index in [2.05, 4.69) is 11.7 Å². The first kappa shape index (κ1) is 10.7. The molecule has 0 fully saturated rings. The average Bonchev–Trinajstić information content (AvgIpc) is 2.08. The van der Waals surface area contributed by atoms with E-state index in [1.165, 1.54) is 0 Å². The van der Waals surface area contributed by atoms with Crippen molar-refractivity contribution < 1.29 is 0 Å². The van der Waals surface area contributed by atoms with Crippen molar-refractivity contribution in [1.29, 1.82) is 0 Å². The number of hydrogen-bond acceptors (Lipinski definition) is 2. The zero-order valence-electron chi connectivity index (χ0n) is 7.96. The van der Waals surface area contributed by atoms with Crippen LogP contribution in [0.25, 0.3) is 0 Å². The van der Waals surface area contributed by atoms with Crippen LogP contribution in [0, 0.1) is 6.92 Å². The minimum Gasteiger partial charge on any atom is -0.397 e. The lowest BCUT2D eigenvalue weighted by Gasteiger charge is -1.98. The lowest BCUT2D eigenvalue weighted by atomic mass is 10.2. The second-order valence-corrected chi connectivity index (χ2v) is 2.22. The van der Waals surface area contributed by atoms with Crippen molar-refractivity contribution in [3.05, 3.63) is 23.8 Å². The second kappa shape index (κ2) is 5.35.